The Morgan fingerprint density at radius 2 is 2.12 bits per heavy atom. The molecule has 0 spiro atoms. The molecule has 0 unspecified atom stereocenters. The molecule has 0 aliphatic rings. The number of hydrogen-bond donors (Lipinski definition) is 1. The highest BCUT2D eigenvalue weighted by atomic mass is 32.1. The van der Waals surface area contributed by atoms with E-state index in [0.29, 0.717) is 23.6 Å². The van der Waals surface area contributed by atoms with Crippen LogP contribution in [0, 0.1) is 17.1 Å². The van der Waals surface area contributed by atoms with E-state index >= 15 is 0 Å². The Morgan fingerprint density at radius 1 is 1.40 bits per heavy atom. The van der Waals surface area contributed by atoms with Crippen LogP contribution in [0.15, 0.2) is 23.8 Å². The van der Waals surface area contributed by atoms with Gasteiger partial charge in [-0.25, -0.2) is 4.39 Å². The van der Waals surface area contributed by atoms with Crippen LogP contribution in [-0.2, 0) is 17.4 Å². The van der Waals surface area contributed by atoms with E-state index in [2.05, 4.69) is 15.5 Å². The monoisotopic (exact) mass is 370 g/mol. The molecule has 0 fully saturated rings. The molecule has 1 heterocycles. The lowest BCUT2D eigenvalue weighted by atomic mass is 10.0. The normalized spacial score (nSPS) is 11.9. The zero-order valence-electron chi connectivity index (χ0n) is 12.7. The number of alkyl halides is 3. The zero-order chi connectivity index (χ0) is 18.6. The summed E-state index contributed by atoms with van der Waals surface area (Å²) in [6.45, 7) is 1.82. The van der Waals surface area contributed by atoms with E-state index in [4.69, 9.17) is 5.26 Å². The molecule has 0 saturated carbocycles. The Labute approximate surface area is 143 Å². The highest BCUT2D eigenvalue weighted by Crippen LogP contribution is 2.34. The molecule has 10 heteroatoms. The van der Waals surface area contributed by atoms with Gasteiger partial charge in [-0.15, -0.1) is 10.2 Å². The first-order valence-corrected chi connectivity index (χ1v) is 7.69. The molecule has 0 aliphatic heterocycles. The van der Waals surface area contributed by atoms with E-state index in [1.165, 1.54) is 6.07 Å². The number of hydrogen-bond acceptors (Lipinski definition) is 5. The third kappa shape index (κ3) is 4.39. The van der Waals surface area contributed by atoms with Crippen molar-refractivity contribution in [1.29, 1.82) is 5.26 Å². The summed E-state index contributed by atoms with van der Waals surface area (Å²) in [5.74, 6) is -2.20. The van der Waals surface area contributed by atoms with E-state index in [1.807, 2.05) is 6.92 Å². The van der Waals surface area contributed by atoms with Crippen molar-refractivity contribution in [3.8, 4) is 6.07 Å². The highest BCUT2D eigenvalue weighted by molar-refractivity contribution is 7.15. The summed E-state index contributed by atoms with van der Waals surface area (Å²) < 4.78 is 52.7. The number of amides is 1. The van der Waals surface area contributed by atoms with Gasteiger partial charge in [-0.05, 0) is 24.6 Å². The summed E-state index contributed by atoms with van der Waals surface area (Å²) >= 11 is 1.06. The number of aryl methyl sites for hydroxylation is 1. The van der Waals surface area contributed by atoms with E-state index in [9.17, 15) is 22.4 Å². The molecule has 5 nitrogen and oxygen atoms in total. The fourth-order valence-electron chi connectivity index (χ4n) is 1.84. The third-order valence-electron chi connectivity index (χ3n) is 3.00. The first-order valence-electron chi connectivity index (χ1n) is 6.87. The quantitative estimate of drug-likeness (QED) is 0.504. The van der Waals surface area contributed by atoms with Gasteiger partial charge in [0.2, 0.25) is 5.13 Å². The Balaban J connectivity index is 2.38. The van der Waals surface area contributed by atoms with E-state index in [1.54, 1.807) is 0 Å². The maximum atomic E-state index is 13.8. The Kier molecular flexibility index (Phi) is 5.48. The molecule has 0 bridgehead atoms. The van der Waals surface area contributed by atoms with Crippen molar-refractivity contribution in [2.45, 2.75) is 19.5 Å². The smallest absolute Gasteiger partial charge is 0.296 e. The number of carbonyl (C=O) groups is 1. The van der Waals surface area contributed by atoms with Crippen LogP contribution in [0.25, 0.3) is 6.08 Å². The second-order valence-corrected chi connectivity index (χ2v) is 5.74. The molecule has 0 radical (unpaired) electrons. The Hall–Kier alpha value is -2.80. The van der Waals surface area contributed by atoms with Crippen LogP contribution in [0.1, 0.15) is 23.1 Å². The molecule has 0 saturated heterocycles. The van der Waals surface area contributed by atoms with E-state index < -0.39 is 34.6 Å². The SMILES string of the molecule is CCc1nnc(NC(=O)/C(C#N)=C/c2c(F)cccc2C(F)(F)F)s1. The molecular formula is C15H10F4N4OS. The summed E-state index contributed by atoms with van der Waals surface area (Å²) in [4.78, 5) is 12.1. The molecule has 1 aromatic carbocycles. The number of nitrogens with zero attached hydrogens (tertiary/aromatic N) is 3. The van der Waals surface area contributed by atoms with Crippen LogP contribution in [0.2, 0.25) is 0 Å². The minimum atomic E-state index is -4.83. The molecule has 130 valence electrons. The predicted octanol–water partition coefficient (Wildman–Crippen LogP) is 3.80. The van der Waals surface area contributed by atoms with Gasteiger partial charge in [0.25, 0.3) is 5.91 Å². The van der Waals surface area contributed by atoms with Gasteiger partial charge in [-0.3, -0.25) is 10.1 Å². The average molecular weight is 370 g/mol. The van der Waals surface area contributed by atoms with Gasteiger partial charge in [0, 0.05) is 5.56 Å². The third-order valence-corrected chi connectivity index (χ3v) is 3.98. The standard InChI is InChI=1S/C15H10F4N4OS/c1-2-12-22-23-14(25-12)21-13(24)8(7-20)6-9-10(15(17,18)19)4-3-5-11(9)16/h3-6H,2H2,1H3,(H,21,23,24)/b8-6+. The Bertz CT molecular complexity index is 867. The number of benzene rings is 1. The summed E-state index contributed by atoms with van der Waals surface area (Å²) in [7, 11) is 0. The summed E-state index contributed by atoms with van der Waals surface area (Å²) in [6, 6.07) is 3.85. The zero-order valence-corrected chi connectivity index (χ0v) is 13.5. The maximum absolute atomic E-state index is 13.8. The predicted molar refractivity (Wildman–Crippen MR) is 82.9 cm³/mol. The molecule has 0 atom stereocenters. The lowest BCUT2D eigenvalue weighted by Crippen LogP contribution is -2.14. The van der Waals surface area contributed by atoms with Crippen molar-refractivity contribution in [1.82, 2.24) is 10.2 Å². The van der Waals surface area contributed by atoms with Crippen LogP contribution in [-0.4, -0.2) is 16.1 Å². The van der Waals surface area contributed by atoms with Crippen molar-refractivity contribution in [3.05, 3.63) is 45.7 Å². The molecule has 1 aromatic heterocycles. The van der Waals surface area contributed by atoms with Crippen LogP contribution >= 0.6 is 11.3 Å². The average Bonchev–Trinajstić information content (AvgIpc) is 3.00. The van der Waals surface area contributed by atoms with E-state index in [0.717, 1.165) is 23.5 Å². The summed E-state index contributed by atoms with van der Waals surface area (Å²) in [5.41, 5.74) is -2.85. The second kappa shape index (κ2) is 7.40. The van der Waals surface area contributed by atoms with Gasteiger partial charge in [-0.2, -0.15) is 18.4 Å². The van der Waals surface area contributed by atoms with Gasteiger partial charge in [0.1, 0.15) is 22.5 Å². The largest absolute Gasteiger partial charge is 0.417 e. The fraction of sp³-hybridized carbons (Fsp3) is 0.200. The maximum Gasteiger partial charge on any atom is 0.417 e. The second-order valence-electron chi connectivity index (χ2n) is 4.68. The number of anilines is 1. The molecular weight excluding hydrogens is 360 g/mol. The Morgan fingerprint density at radius 3 is 2.68 bits per heavy atom. The van der Waals surface area contributed by atoms with Crippen LogP contribution in [0.4, 0.5) is 22.7 Å². The van der Waals surface area contributed by atoms with E-state index in [-0.39, 0.29) is 5.13 Å². The van der Waals surface area contributed by atoms with Crippen molar-refractivity contribution in [3.63, 3.8) is 0 Å². The van der Waals surface area contributed by atoms with Crippen LogP contribution in [0.3, 0.4) is 0 Å². The topological polar surface area (TPSA) is 78.7 Å². The van der Waals surface area contributed by atoms with Gasteiger partial charge in [-0.1, -0.05) is 24.3 Å². The van der Waals surface area contributed by atoms with Gasteiger partial charge in [0.15, 0.2) is 0 Å². The van der Waals surface area contributed by atoms with Crippen molar-refractivity contribution in [2.75, 3.05) is 5.32 Å². The van der Waals surface area contributed by atoms with Crippen molar-refractivity contribution in [2.24, 2.45) is 0 Å². The minimum Gasteiger partial charge on any atom is -0.296 e. The number of aromatic nitrogens is 2. The molecule has 2 aromatic rings. The molecule has 0 aliphatic carbocycles. The number of carbonyl (C=O) groups excluding carboxylic acids is 1. The molecule has 2 rings (SSSR count). The summed E-state index contributed by atoms with van der Waals surface area (Å²) in [6.07, 6.45) is -3.69. The lowest BCUT2D eigenvalue weighted by molar-refractivity contribution is -0.138. The number of nitriles is 1. The highest BCUT2D eigenvalue weighted by Gasteiger charge is 2.34. The number of rotatable bonds is 4. The molecule has 1 N–H and O–H groups in total. The first kappa shape index (κ1) is 18.5. The first-order chi connectivity index (χ1) is 11.8. The van der Waals surface area contributed by atoms with Crippen molar-refractivity contribution < 1.29 is 22.4 Å². The van der Waals surface area contributed by atoms with Crippen LogP contribution in [0.5, 0.6) is 0 Å². The number of halogens is 4. The minimum absolute atomic E-state index is 0.0904. The fourth-order valence-corrected chi connectivity index (χ4v) is 2.51. The van der Waals surface area contributed by atoms with Gasteiger partial charge in [0.05, 0.1) is 5.56 Å². The van der Waals surface area contributed by atoms with Gasteiger partial charge >= 0.3 is 6.18 Å². The van der Waals surface area contributed by atoms with Crippen LogP contribution < -0.4 is 5.32 Å². The molecule has 1 amide bonds. The van der Waals surface area contributed by atoms with Crippen molar-refractivity contribution >= 4 is 28.5 Å². The van der Waals surface area contributed by atoms with Gasteiger partial charge < -0.3 is 0 Å². The number of nitrogens with one attached hydrogen (secondary N) is 1. The molecule has 25 heavy (non-hydrogen) atoms. The lowest BCUT2D eigenvalue weighted by Gasteiger charge is -2.11. The summed E-state index contributed by atoms with van der Waals surface area (Å²) in [5, 5.41) is 19.5.